The number of aromatic nitrogens is 2. The normalized spacial score (nSPS) is 16.1. The minimum atomic E-state index is 0.526. The molecule has 112 valence electrons. The monoisotopic (exact) mass is 347 g/mol. The van der Waals surface area contributed by atoms with E-state index in [1.54, 1.807) is 0 Å². The number of hydrogen-bond acceptors (Lipinski definition) is 2. The number of imidazole rings is 1. The Labute approximate surface area is 134 Å². The van der Waals surface area contributed by atoms with Crippen molar-refractivity contribution in [2.75, 3.05) is 6.54 Å². The molecule has 1 aromatic carbocycles. The predicted octanol–water partition coefficient (Wildman–Crippen LogP) is 3.65. The molecule has 0 spiro atoms. The summed E-state index contributed by atoms with van der Waals surface area (Å²) in [5.74, 6) is 1.69. The van der Waals surface area contributed by atoms with E-state index in [-0.39, 0.29) is 0 Å². The maximum absolute atomic E-state index is 4.44. The fraction of sp³-hybridized carbons (Fsp3) is 0.471. The summed E-state index contributed by atoms with van der Waals surface area (Å²) in [7, 11) is 2.07. The SMILES string of the molecule is Cn1ccnc1CCC(CNC1CC1)c1ccccc1Br. The number of halogens is 1. The molecule has 3 nitrogen and oxygen atoms in total. The van der Waals surface area contributed by atoms with Crippen LogP contribution in [0.1, 0.15) is 36.6 Å². The van der Waals surface area contributed by atoms with Crippen molar-refractivity contribution in [3.63, 3.8) is 0 Å². The van der Waals surface area contributed by atoms with Gasteiger partial charge in [0, 0.05) is 42.9 Å². The summed E-state index contributed by atoms with van der Waals surface area (Å²) < 4.78 is 3.33. The van der Waals surface area contributed by atoms with Crippen molar-refractivity contribution in [1.82, 2.24) is 14.9 Å². The topological polar surface area (TPSA) is 29.9 Å². The highest BCUT2D eigenvalue weighted by Gasteiger charge is 2.23. The second kappa shape index (κ2) is 6.75. The first kappa shape index (κ1) is 14.8. The molecular weight excluding hydrogens is 326 g/mol. The van der Waals surface area contributed by atoms with Crippen LogP contribution in [0.5, 0.6) is 0 Å². The summed E-state index contributed by atoms with van der Waals surface area (Å²) in [6.45, 7) is 1.05. The van der Waals surface area contributed by atoms with Gasteiger partial charge >= 0.3 is 0 Å². The van der Waals surface area contributed by atoms with Gasteiger partial charge in [0.25, 0.3) is 0 Å². The summed E-state index contributed by atoms with van der Waals surface area (Å²) in [4.78, 5) is 4.44. The lowest BCUT2D eigenvalue weighted by Gasteiger charge is -2.19. The van der Waals surface area contributed by atoms with Crippen LogP contribution in [0.15, 0.2) is 41.1 Å². The van der Waals surface area contributed by atoms with Crippen LogP contribution in [-0.2, 0) is 13.5 Å². The van der Waals surface area contributed by atoms with E-state index < -0.39 is 0 Å². The van der Waals surface area contributed by atoms with Crippen molar-refractivity contribution < 1.29 is 0 Å². The molecule has 4 heteroatoms. The van der Waals surface area contributed by atoms with Gasteiger partial charge in [-0.25, -0.2) is 4.98 Å². The van der Waals surface area contributed by atoms with Crippen LogP contribution < -0.4 is 5.32 Å². The molecule has 0 bridgehead atoms. The Balaban J connectivity index is 1.69. The summed E-state index contributed by atoms with van der Waals surface area (Å²) in [6, 6.07) is 9.34. The quantitative estimate of drug-likeness (QED) is 0.828. The van der Waals surface area contributed by atoms with Crippen LogP contribution in [0.25, 0.3) is 0 Å². The van der Waals surface area contributed by atoms with Crippen LogP contribution in [0, 0.1) is 0 Å². The number of nitrogens with zero attached hydrogens (tertiary/aromatic N) is 2. The first-order valence-electron chi connectivity index (χ1n) is 7.68. The minimum Gasteiger partial charge on any atom is -0.338 e. The maximum Gasteiger partial charge on any atom is 0.108 e. The average molecular weight is 348 g/mol. The molecule has 1 aromatic heterocycles. The van der Waals surface area contributed by atoms with E-state index in [9.17, 15) is 0 Å². The highest BCUT2D eigenvalue weighted by molar-refractivity contribution is 9.10. The Hall–Kier alpha value is -1.13. The highest BCUT2D eigenvalue weighted by atomic mass is 79.9. The van der Waals surface area contributed by atoms with Crippen molar-refractivity contribution in [1.29, 1.82) is 0 Å². The predicted molar refractivity (Wildman–Crippen MR) is 89.4 cm³/mol. The average Bonchev–Trinajstić information content (AvgIpc) is 3.22. The molecule has 1 N–H and O–H groups in total. The zero-order chi connectivity index (χ0) is 14.7. The molecule has 0 saturated heterocycles. The van der Waals surface area contributed by atoms with E-state index in [0.717, 1.165) is 25.4 Å². The number of nitrogens with one attached hydrogen (secondary N) is 1. The lowest BCUT2D eigenvalue weighted by atomic mass is 9.94. The smallest absolute Gasteiger partial charge is 0.108 e. The Bertz CT molecular complexity index is 589. The second-order valence-electron chi connectivity index (χ2n) is 5.89. The summed E-state index contributed by atoms with van der Waals surface area (Å²) in [5.41, 5.74) is 1.40. The standard InChI is InChI=1S/C17H22BrN3/c1-21-11-10-19-17(21)9-6-13(12-20-14-7-8-14)15-4-2-3-5-16(15)18/h2-5,10-11,13-14,20H,6-9,12H2,1H3. The molecule has 1 heterocycles. The maximum atomic E-state index is 4.44. The van der Waals surface area contributed by atoms with Crippen LogP contribution >= 0.6 is 15.9 Å². The zero-order valence-corrected chi connectivity index (χ0v) is 14.0. The van der Waals surface area contributed by atoms with Crippen molar-refractivity contribution in [2.45, 2.75) is 37.6 Å². The first-order valence-corrected chi connectivity index (χ1v) is 8.47. The molecule has 1 fully saturated rings. The molecule has 2 aromatic rings. The molecule has 1 saturated carbocycles. The number of hydrogen-bond donors (Lipinski definition) is 1. The lowest BCUT2D eigenvalue weighted by Crippen LogP contribution is -2.24. The molecule has 3 rings (SSSR count). The summed E-state index contributed by atoms with van der Waals surface area (Å²) >= 11 is 3.70. The molecule has 1 aliphatic carbocycles. The van der Waals surface area contributed by atoms with Crippen molar-refractivity contribution in [3.8, 4) is 0 Å². The minimum absolute atomic E-state index is 0.526. The molecule has 0 amide bonds. The fourth-order valence-corrected chi connectivity index (χ4v) is 3.32. The van der Waals surface area contributed by atoms with Gasteiger partial charge in [0.05, 0.1) is 0 Å². The Morgan fingerprint density at radius 3 is 2.86 bits per heavy atom. The van der Waals surface area contributed by atoms with E-state index in [4.69, 9.17) is 0 Å². The zero-order valence-electron chi connectivity index (χ0n) is 12.4. The number of aryl methyl sites for hydroxylation is 2. The third-order valence-corrected chi connectivity index (χ3v) is 4.93. The Kier molecular flexibility index (Phi) is 4.76. The van der Waals surface area contributed by atoms with Crippen LogP contribution in [-0.4, -0.2) is 22.1 Å². The van der Waals surface area contributed by atoms with Crippen LogP contribution in [0.4, 0.5) is 0 Å². The van der Waals surface area contributed by atoms with Crippen molar-refractivity contribution >= 4 is 15.9 Å². The van der Waals surface area contributed by atoms with E-state index in [0.29, 0.717) is 5.92 Å². The van der Waals surface area contributed by atoms with E-state index >= 15 is 0 Å². The molecule has 0 aliphatic heterocycles. The van der Waals surface area contributed by atoms with Gasteiger partial charge in [-0.1, -0.05) is 34.1 Å². The van der Waals surface area contributed by atoms with E-state index in [1.807, 2.05) is 12.4 Å². The highest BCUT2D eigenvalue weighted by Crippen LogP contribution is 2.29. The van der Waals surface area contributed by atoms with Gasteiger partial charge in [-0.05, 0) is 36.8 Å². The van der Waals surface area contributed by atoms with Crippen LogP contribution in [0.3, 0.4) is 0 Å². The molecule has 0 radical (unpaired) electrons. The van der Waals surface area contributed by atoms with E-state index in [1.165, 1.54) is 28.7 Å². The molecule has 1 unspecified atom stereocenters. The Morgan fingerprint density at radius 1 is 1.38 bits per heavy atom. The van der Waals surface area contributed by atoms with Gasteiger partial charge in [0.1, 0.15) is 5.82 Å². The fourth-order valence-electron chi connectivity index (χ4n) is 2.71. The second-order valence-corrected chi connectivity index (χ2v) is 6.75. The molecular formula is C17H22BrN3. The number of benzene rings is 1. The van der Waals surface area contributed by atoms with Crippen LogP contribution in [0.2, 0.25) is 0 Å². The van der Waals surface area contributed by atoms with Crippen molar-refractivity contribution in [3.05, 3.63) is 52.5 Å². The summed E-state index contributed by atoms with van der Waals surface area (Å²) in [5, 5.41) is 3.68. The molecule has 21 heavy (non-hydrogen) atoms. The first-order chi connectivity index (χ1) is 10.2. The van der Waals surface area contributed by atoms with Gasteiger partial charge in [-0.15, -0.1) is 0 Å². The van der Waals surface area contributed by atoms with Gasteiger partial charge < -0.3 is 9.88 Å². The molecule has 1 aliphatic rings. The van der Waals surface area contributed by atoms with Crippen molar-refractivity contribution in [2.24, 2.45) is 7.05 Å². The van der Waals surface area contributed by atoms with Gasteiger partial charge in [-0.2, -0.15) is 0 Å². The van der Waals surface area contributed by atoms with Gasteiger partial charge in [-0.3, -0.25) is 0 Å². The largest absolute Gasteiger partial charge is 0.338 e. The van der Waals surface area contributed by atoms with E-state index in [2.05, 4.69) is 62.1 Å². The number of rotatable bonds is 7. The lowest BCUT2D eigenvalue weighted by molar-refractivity contribution is 0.536. The summed E-state index contributed by atoms with van der Waals surface area (Å²) in [6.07, 6.45) is 8.70. The van der Waals surface area contributed by atoms with Gasteiger partial charge in [0.15, 0.2) is 0 Å². The third kappa shape index (κ3) is 3.95. The molecule has 1 atom stereocenters. The van der Waals surface area contributed by atoms with Gasteiger partial charge in [0.2, 0.25) is 0 Å². The third-order valence-electron chi connectivity index (χ3n) is 4.21. The Morgan fingerprint density at radius 2 is 2.19 bits per heavy atom.